The van der Waals surface area contributed by atoms with Gasteiger partial charge < -0.3 is 9.72 Å². The number of nitrogens with zero attached hydrogens (tertiary/aromatic N) is 1. The Kier molecular flexibility index (Phi) is 3.33. The van der Waals surface area contributed by atoms with Crippen molar-refractivity contribution in [3.8, 4) is 0 Å². The minimum atomic E-state index is -0.491. The Morgan fingerprint density at radius 2 is 2.22 bits per heavy atom. The zero-order valence-electron chi connectivity index (χ0n) is 9.40. The molecule has 0 atom stereocenters. The van der Waals surface area contributed by atoms with Crippen LogP contribution in [0.2, 0.25) is 0 Å². The molecule has 6 nitrogen and oxygen atoms in total. The molecule has 0 saturated carbocycles. The van der Waals surface area contributed by atoms with Crippen molar-refractivity contribution in [3.05, 3.63) is 38.5 Å². The Labute approximate surface area is 110 Å². The Morgan fingerprint density at radius 1 is 1.50 bits per heavy atom. The molecule has 1 N–H and O–H groups in total. The molecule has 0 fully saturated rings. The van der Waals surface area contributed by atoms with Crippen molar-refractivity contribution in [1.82, 2.24) is 4.98 Å². The number of aromatic nitrogens is 1. The minimum absolute atomic E-state index is 0.0494. The number of benzene rings is 1. The van der Waals surface area contributed by atoms with Gasteiger partial charge in [0.25, 0.3) is 5.69 Å². The topological polar surface area (TPSA) is 85.2 Å². The predicted octanol–water partition coefficient (Wildman–Crippen LogP) is 3.02. The predicted molar refractivity (Wildman–Crippen MR) is 68.6 cm³/mol. The van der Waals surface area contributed by atoms with Gasteiger partial charge in [0, 0.05) is 22.0 Å². The number of halogens is 1. The quantitative estimate of drug-likeness (QED) is 0.536. The van der Waals surface area contributed by atoms with Gasteiger partial charge in [-0.3, -0.25) is 10.1 Å². The molecule has 2 rings (SSSR count). The zero-order valence-corrected chi connectivity index (χ0v) is 11.0. The van der Waals surface area contributed by atoms with Gasteiger partial charge in [0.2, 0.25) is 0 Å². The number of rotatable bonds is 3. The molecule has 0 aliphatic carbocycles. The maximum Gasteiger partial charge on any atom is 0.354 e. The van der Waals surface area contributed by atoms with E-state index in [1.54, 1.807) is 13.0 Å². The maximum atomic E-state index is 11.5. The Balaban J connectivity index is 2.54. The molecule has 0 aliphatic rings. The smallest absolute Gasteiger partial charge is 0.354 e. The van der Waals surface area contributed by atoms with E-state index in [0.29, 0.717) is 15.4 Å². The Hall–Kier alpha value is -1.89. The number of hydrogen-bond donors (Lipinski definition) is 1. The van der Waals surface area contributed by atoms with Gasteiger partial charge in [0.1, 0.15) is 5.69 Å². The van der Waals surface area contributed by atoms with Crippen molar-refractivity contribution in [2.75, 3.05) is 6.61 Å². The number of ether oxygens (including phenoxy) is 1. The number of esters is 1. The molecule has 0 saturated heterocycles. The van der Waals surface area contributed by atoms with Crippen molar-refractivity contribution in [1.29, 1.82) is 0 Å². The van der Waals surface area contributed by atoms with Gasteiger partial charge in [-0.1, -0.05) is 0 Å². The van der Waals surface area contributed by atoms with Gasteiger partial charge in [-0.25, -0.2) is 4.79 Å². The fourth-order valence-corrected chi connectivity index (χ4v) is 2.17. The number of aromatic amines is 1. The van der Waals surface area contributed by atoms with Crippen LogP contribution in [0.4, 0.5) is 5.69 Å². The minimum Gasteiger partial charge on any atom is -0.461 e. The molecule has 0 spiro atoms. The van der Waals surface area contributed by atoms with Crippen LogP contribution in [-0.2, 0) is 4.74 Å². The van der Waals surface area contributed by atoms with Crippen molar-refractivity contribution < 1.29 is 14.5 Å². The number of carbonyl (C=O) groups is 1. The summed E-state index contributed by atoms with van der Waals surface area (Å²) in [6.45, 7) is 1.98. The summed E-state index contributed by atoms with van der Waals surface area (Å²) in [6, 6.07) is 4.37. The lowest BCUT2D eigenvalue weighted by Crippen LogP contribution is -2.04. The second kappa shape index (κ2) is 4.77. The van der Waals surface area contributed by atoms with Crippen LogP contribution in [0.25, 0.3) is 10.9 Å². The third kappa shape index (κ3) is 2.21. The summed E-state index contributed by atoms with van der Waals surface area (Å²) in [5.41, 5.74) is 0.735. The lowest BCUT2D eigenvalue weighted by Gasteiger charge is -1.96. The fraction of sp³-hybridized carbons (Fsp3) is 0.182. The van der Waals surface area contributed by atoms with E-state index >= 15 is 0 Å². The molecule has 18 heavy (non-hydrogen) atoms. The monoisotopic (exact) mass is 312 g/mol. The lowest BCUT2D eigenvalue weighted by molar-refractivity contribution is -0.384. The third-order valence-electron chi connectivity index (χ3n) is 2.38. The molecule has 0 aliphatic heterocycles. The summed E-state index contributed by atoms with van der Waals surface area (Å²) < 4.78 is 5.41. The van der Waals surface area contributed by atoms with E-state index in [0.717, 1.165) is 0 Å². The molecule has 0 radical (unpaired) electrons. The van der Waals surface area contributed by atoms with E-state index in [1.165, 1.54) is 12.1 Å². The molecular formula is C11H9BrN2O4. The van der Waals surface area contributed by atoms with E-state index in [4.69, 9.17) is 4.74 Å². The second-order valence-electron chi connectivity index (χ2n) is 3.55. The van der Waals surface area contributed by atoms with E-state index in [-0.39, 0.29) is 18.0 Å². The molecule has 0 unspecified atom stereocenters. The number of nitrogens with one attached hydrogen (secondary N) is 1. The van der Waals surface area contributed by atoms with Gasteiger partial charge in [-0.2, -0.15) is 0 Å². The summed E-state index contributed by atoms with van der Waals surface area (Å²) >= 11 is 3.24. The number of H-pyrrole nitrogens is 1. The molecule has 1 aromatic carbocycles. The van der Waals surface area contributed by atoms with Gasteiger partial charge in [-0.05, 0) is 28.9 Å². The van der Waals surface area contributed by atoms with Crippen LogP contribution in [0, 0.1) is 10.1 Å². The molecule has 0 bridgehead atoms. The van der Waals surface area contributed by atoms with Crippen molar-refractivity contribution in [2.24, 2.45) is 0 Å². The molecule has 0 amide bonds. The number of carbonyl (C=O) groups excluding carboxylic acids is 1. The largest absolute Gasteiger partial charge is 0.461 e. The van der Waals surface area contributed by atoms with Gasteiger partial charge in [0.05, 0.1) is 17.0 Å². The summed E-state index contributed by atoms with van der Waals surface area (Å²) in [5.74, 6) is -0.483. The molecule has 1 heterocycles. The summed E-state index contributed by atoms with van der Waals surface area (Å²) in [7, 11) is 0. The molecule has 7 heteroatoms. The van der Waals surface area contributed by atoms with Gasteiger partial charge in [-0.15, -0.1) is 0 Å². The highest BCUT2D eigenvalue weighted by molar-refractivity contribution is 9.10. The van der Waals surface area contributed by atoms with Crippen molar-refractivity contribution in [2.45, 2.75) is 6.92 Å². The normalized spacial score (nSPS) is 10.6. The highest BCUT2D eigenvalue weighted by Crippen LogP contribution is 2.30. The molecular weight excluding hydrogens is 304 g/mol. The maximum absolute atomic E-state index is 11.5. The third-order valence-corrected chi connectivity index (χ3v) is 3.03. The van der Waals surface area contributed by atoms with Crippen LogP contribution in [-0.4, -0.2) is 22.5 Å². The number of hydrogen-bond acceptors (Lipinski definition) is 4. The van der Waals surface area contributed by atoms with E-state index < -0.39 is 10.9 Å². The average Bonchev–Trinajstić information content (AvgIpc) is 2.73. The first-order chi connectivity index (χ1) is 8.52. The molecule has 94 valence electrons. The Bertz CT molecular complexity index is 635. The first-order valence-electron chi connectivity index (χ1n) is 5.16. The van der Waals surface area contributed by atoms with Gasteiger partial charge >= 0.3 is 5.97 Å². The number of fused-ring (bicyclic) bond motifs is 1. The second-order valence-corrected chi connectivity index (χ2v) is 4.40. The van der Waals surface area contributed by atoms with Crippen LogP contribution in [0.15, 0.2) is 22.7 Å². The summed E-state index contributed by atoms with van der Waals surface area (Å²) in [4.78, 5) is 24.6. The fourth-order valence-electron chi connectivity index (χ4n) is 1.60. The SMILES string of the molecule is CCOC(=O)c1cc2c(Br)cc([N+](=O)[O-])cc2[nH]1. The van der Waals surface area contributed by atoms with Crippen molar-refractivity contribution in [3.63, 3.8) is 0 Å². The van der Waals surface area contributed by atoms with Crippen LogP contribution in [0.1, 0.15) is 17.4 Å². The number of nitro groups is 1. The first kappa shape index (κ1) is 12.6. The lowest BCUT2D eigenvalue weighted by atomic mass is 10.2. The average molecular weight is 313 g/mol. The highest BCUT2D eigenvalue weighted by Gasteiger charge is 2.15. The number of nitro benzene ring substituents is 1. The van der Waals surface area contributed by atoms with Crippen LogP contribution >= 0.6 is 15.9 Å². The van der Waals surface area contributed by atoms with E-state index in [2.05, 4.69) is 20.9 Å². The summed E-state index contributed by atoms with van der Waals surface area (Å²) in [6.07, 6.45) is 0. The van der Waals surface area contributed by atoms with Crippen LogP contribution in [0.5, 0.6) is 0 Å². The van der Waals surface area contributed by atoms with E-state index in [1.807, 2.05) is 0 Å². The highest BCUT2D eigenvalue weighted by atomic mass is 79.9. The first-order valence-corrected chi connectivity index (χ1v) is 5.96. The standard InChI is InChI=1S/C11H9BrN2O4/c1-2-18-11(15)10-5-7-8(12)3-6(14(16)17)4-9(7)13-10/h3-5,13H,2H2,1H3. The molecule has 1 aromatic heterocycles. The van der Waals surface area contributed by atoms with Gasteiger partial charge in [0.15, 0.2) is 0 Å². The summed E-state index contributed by atoms with van der Waals surface area (Å²) in [5, 5.41) is 11.4. The number of non-ortho nitro benzene ring substituents is 1. The van der Waals surface area contributed by atoms with E-state index in [9.17, 15) is 14.9 Å². The zero-order chi connectivity index (χ0) is 13.3. The van der Waals surface area contributed by atoms with Crippen LogP contribution < -0.4 is 0 Å². The van der Waals surface area contributed by atoms with Crippen molar-refractivity contribution >= 4 is 38.5 Å². The molecule has 2 aromatic rings. The Morgan fingerprint density at radius 3 is 2.83 bits per heavy atom. The van der Waals surface area contributed by atoms with Crippen LogP contribution in [0.3, 0.4) is 0 Å².